The third-order valence-electron chi connectivity index (χ3n) is 4.14. The van der Waals surface area contributed by atoms with Gasteiger partial charge in [-0.25, -0.2) is 9.97 Å². The lowest BCUT2D eigenvalue weighted by Gasteiger charge is -2.34. The fourth-order valence-corrected chi connectivity index (χ4v) is 2.90. The van der Waals surface area contributed by atoms with Gasteiger partial charge in [0.25, 0.3) is 0 Å². The van der Waals surface area contributed by atoms with Gasteiger partial charge in [0.1, 0.15) is 5.82 Å². The van der Waals surface area contributed by atoms with Crippen molar-refractivity contribution in [1.82, 2.24) is 20.2 Å². The van der Waals surface area contributed by atoms with Crippen LogP contribution in [0, 0.1) is 0 Å². The second kappa shape index (κ2) is 5.97. The Bertz CT molecular complexity index is 410. The van der Waals surface area contributed by atoms with Crippen LogP contribution >= 0.6 is 0 Å². The van der Waals surface area contributed by atoms with E-state index < -0.39 is 0 Å². The molecule has 1 N–H and O–H groups in total. The van der Waals surface area contributed by atoms with Gasteiger partial charge in [-0.1, -0.05) is 13.3 Å². The normalized spacial score (nSPS) is 22.4. The van der Waals surface area contributed by atoms with Gasteiger partial charge in [-0.2, -0.15) is 0 Å². The third-order valence-corrected chi connectivity index (χ3v) is 4.14. The van der Waals surface area contributed by atoms with Gasteiger partial charge in [0.05, 0.1) is 6.04 Å². The molecule has 2 aliphatic rings. The molecule has 1 aliphatic carbocycles. The van der Waals surface area contributed by atoms with Crippen molar-refractivity contribution in [2.45, 2.75) is 44.6 Å². The lowest BCUT2D eigenvalue weighted by molar-refractivity contribution is 0.158. The Morgan fingerprint density at radius 2 is 2.16 bits per heavy atom. The Hall–Kier alpha value is -1.00. The Labute approximate surface area is 115 Å². The largest absolute Gasteiger partial charge is 0.314 e. The quantitative estimate of drug-likeness (QED) is 0.880. The van der Waals surface area contributed by atoms with Crippen LogP contribution in [0.1, 0.15) is 56.1 Å². The van der Waals surface area contributed by atoms with Crippen molar-refractivity contribution in [2.24, 2.45) is 0 Å². The predicted octanol–water partition coefficient (Wildman–Crippen LogP) is 2.10. The minimum absolute atomic E-state index is 0.408. The van der Waals surface area contributed by atoms with Crippen LogP contribution in [0.2, 0.25) is 0 Å². The van der Waals surface area contributed by atoms with Crippen molar-refractivity contribution in [2.75, 3.05) is 26.2 Å². The van der Waals surface area contributed by atoms with E-state index in [1.165, 1.54) is 25.0 Å². The smallest absolute Gasteiger partial charge is 0.145 e. The Balaban J connectivity index is 1.79. The molecule has 0 spiro atoms. The molecule has 1 saturated heterocycles. The molecule has 4 nitrogen and oxygen atoms in total. The maximum absolute atomic E-state index is 4.86. The highest BCUT2D eigenvalue weighted by atomic mass is 15.2. The molecule has 1 unspecified atom stereocenters. The summed E-state index contributed by atoms with van der Waals surface area (Å²) in [5, 5.41) is 3.42. The van der Waals surface area contributed by atoms with Crippen LogP contribution in [0.25, 0.3) is 0 Å². The number of rotatable bonds is 5. The van der Waals surface area contributed by atoms with Crippen LogP contribution in [0.3, 0.4) is 0 Å². The topological polar surface area (TPSA) is 41.1 Å². The van der Waals surface area contributed by atoms with Crippen molar-refractivity contribution in [1.29, 1.82) is 0 Å². The van der Waals surface area contributed by atoms with Crippen molar-refractivity contribution in [3.8, 4) is 0 Å². The summed E-state index contributed by atoms with van der Waals surface area (Å²) in [5.41, 5.74) is 1.27. The minimum atomic E-state index is 0.408. The Morgan fingerprint density at radius 3 is 2.84 bits per heavy atom. The Morgan fingerprint density at radius 1 is 1.37 bits per heavy atom. The van der Waals surface area contributed by atoms with E-state index in [1.807, 2.05) is 6.20 Å². The van der Waals surface area contributed by atoms with Gasteiger partial charge in [0, 0.05) is 44.0 Å². The van der Waals surface area contributed by atoms with Crippen molar-refractivity contribution < 1.29 is 0 Å². The fraction of sp³-hybridized carbons (Fsp3) is 0.733. The average molecular weight is 260 g/mol. The standard InChI is InChI=1S/C15H24N4/c1-2-3-14(19-10-8-16-9-11-19)15-17-7-6-13(18-15)12-4-5-12/h6-7,12,14,16H,2-5,8-11H2,1H3. The molecule has 1 aromatic heterocycles. The van der Waals surface area contributed by atoms with E-state index in [9.17, 15) is 0 Å². The van der Waals surface area contributed by atoms with Gasteiger partial charge < -0.3 is 5.32 Å². The zero-order chi connectivity index (χ0) is 13.1. The molecule has 1 aliphatic heterocycles. The zero-order valence-electron chi connectivity index (χ0n) is 11.8. The number of hydrogen-bond donors (Lipinski definition) is 1. The molecule has 0 amide bonds. The van der Waals surface area contributed by atoms with Crippen LogP contribution in [0.4, 0.5) is 0 Å². The van der Waals surface area contributed by atoms with Crippen LogP contribution < -0.4 is 5.32 Å². The van der Waals surface area contributed by atoms with E-state index >= 15 is 0 Å². The maximum Gasteiger partial charge on any atom is 0.145 e. The first-order chi connectivity index (χ1) is 9.38. The zero-order valence-corrected chi connectivity index (χ0v) is 11.8. The summed E-state index contributed by atoms with van der Waals surface area (Å²) in [6.07, 6.45) is 6.92. The van der Waals surface area contributed by atoms with Crippen LogP contribution in [0.15, 0.2) is 12.3 Å². The van der Waals surface area contributed by atoms with Crippen molar-refractivity contribution in [3.63, 3.8) is 0 Å². The molecule has 1 atom stereocenters. The monoisotopic (exact) mass is 260 g/mol. The summed E-state index contributed by atoms with van der Waals surface area (Å²) in [6, 6.07) is 2.51. The third kappa shape index (κ3) is 3.12. The number of nitrogens with zero attached hydrogens (tertiary/aromatic N) is 3. The maximum atomic E-state index is 4.86. The van der Waals surface area contributed by atoms with E-state index in [0.717, 1.165) is 38.4 Å². The van der Waals surface area contributed by atoms with Gasteiger partial charge in [0.2, 0.25) is 0 Å². The van der Waals surface area contributed by atoms with E-state index in [-0.39, 0.29) is 0 Å². The number of aromatic nitrogens is 2. The van der Waals surface area contributed by atoms with Crippen LogP contribution in [-0.2, 0) is 0 Å². The fourth-order valence-electron chi connectivity index (χ4n) is 2.90. The second-order valence-corrected chi connectivity index (χ2v) is 5.70. The molecule has 2 fully saturated rings. The molecule has 4 heteroatoms. The number of nitrogens with one attached hydrogen (secondary N) is 1. The molecule has 19 heavy (non-hydrogen) atoms. The summed E-state index contributed by atoms with van der Waals surface area (Å²) in [6.45, 7) is 6.65. The summed E-state index contributed by atoms with van der Waals surface area (Å²) in [7, 11) is 0. The molecule has 0 radical (unpaired) electrons. The van der Waals surface area contributed by atoms with E-state index in [4.69, 9.17) is 4.98 Å². The lowest BCUT2D eigenvalue weighted by Crippen LogP contribution is -2.45. The first-order valence-corrected chi connectivity index (χ1v) is 7.66. The summed E-state index contributed by atoms with van der Waals surface area (Å²) >= 11 is 0. The SMILES string of the molecule is CCCC(c1nccc(C2CC2)n1)N1CCNCC1. The highest BCUT2D eigenvalue weighted by Gasteiger charge is 2.28. The van der Waals surface area contributed by atoms with Crippen LogP contribution in [-0.4, -0.2) is 41.0 Å². The predicted molar refractivity (Wildman–Crippen MR) is 76.1 cm³/mol. The minimum Gasteiger partial charge on any atom is -0.314 e. The summed E-state index contributed by atoms with van der Waals surface area (Å²) in [4.78, 5) is 12.0. The molecule has 104 valence electrons. The molecular formula is C15H24N4. The van der Waals surface area contributed by atoms with Crippen molar-refractivity contribution >= 4 is 0 Å². The first kappa shape index (κ1) is 13.0. The van der Waals surface area contributed by atoms with E-state index in [2.05, 4.69) is 28.2 Å². The van der Waals surface area contributed by atoms with Gasteiger partial charge in [-0.15, -0.1) is 0 Å². The Kier molecular flexibility index (Phi) is 4.09. The van der Waals surface area contributed by atoms with Crippen LogP contribution in [0.5, 0.6) is 0 Å². The summed E-state index contributed by atoms with van der Waals surface area (Å²) < 4.78 is 0. The van der Waals surface area contributed by atoms with Crippen molar-refractivity contribution in [3.05, 3.63) is 23.8 Å². The van der Waals surface area contributed by atoms with E-state index in [1.54, 1.807) is 0 Å². The van der Waals surface area contributed by atoms with Gasteiger partial charge in [-0.3, -0.25) is 4.90 Å². The lowest BCUT2D eigenvalue weighted by atomic mass is 10.1. The van der Waals surface area contributed by atoms with Gasteiger partial charge in [-0.05, 0) is 25.3 Å². The molecule has 1 saturated carbocycles. The molecule has 0 aromatic carbocycles. The molecular weight excluding hydrogens is 236 g/mol. The molecule has 3 rings (SSSR count). The van der Waals surface area contributed by atoms with Gasteiger partial charge in [0.15, 0.2) is 0 Å². The highest BCUT2D eigenvalue weighted by Crippen LogP contribution is 2.39. The number of piperazine rings is 1. The molecule has 0 bridgehead atoms. The summed E-state index contributed by atoms with van der Waals surface area (Å²) in [5.74, 6) is 1.76. The average Bonchev–Trinajstić information content (AvgIpc) is 3.30. The van der Waals surface area contributed by atoms with Gasteiger partial charge >= 0.3 is 0 Å². The second-order valence-electron chi connectivity index (χ2n) is 5.70. The van der Waals surface area contributed by atoms with E-state index in [0.29, 0.717) is 12.0 Å². The first-order valence-electron chi connectivity index (χ1n) is 7.66. The molecule has 2 heterocycles. The number of hydrogen-bond acceptors (Lipinski definition) is 4. The highest BCUT2D eigenvalue weighted by molar-refractivity contribution is 5.15. The molecule has 1 aromatic rings.